The minimum absolute atomic E-state index is 0. The maximum absolute atomic E-state index is 9.11. The van der Waals surface area contributed by atoms with Crippen LogP contribution in [0.5, 0.6) is 11.5 Å². The first kappa shape index (κ1) is 49.9. The second kappa shape index (κ2) is 21.9. The molecule has 4 heterocycles. The van der Waals surface area contributed by atoms with Gasteiger partial charge in [-0.2, -0.15) is 12.1 Å². The summed E-state index contributed by atoms with van der Waals surface area (Å²) in [7, 11) is -3.10. The van der Waals surface area contributed by atoms with Crippen LogP contribution in [0.4, 0.5) is 22.7 Å². The first-order valence-electron chi connectivity index (χ1n) is 31.9. The molecule has 0 N–H and O–H groups in total. The van der Waals surface area contributed by atoms with Crippen molar-refractivity contribution in [3.63, 3.8) is 0 Å². The molecule has 2 aromatic heterocycles. The van der Waals surface area contributed by atoms with E-state index in [1.807, 2.05) is 24.3 Å². The first-order valence-corrected chi connectivity index (χ1v) is 31.4. The van der Waals surface area contributed by atoms with Gasteiger partial charge in [0, 0.05) is 78.0 Å². The summed E-state index contributed by atoms with van der Waals surface area (Å²) < 4.78 is 53.2. The molecule has 13 aromatic rings. The van der Waals surface area contributed by atoms with E-state index in [2.05, 4.69) is 281 Å². The number of benzene rings is 11. The molecule has 426 valence electrons. The number of rotatable bonds is 10. The fourth-order valence-corrected chi connectivity index (χ4v) is 18.7. The molecule has 0 spiro atoms. The summed E-state index contributed by atoms with van der Waals surface area (Å²) >= 11 is 0. The molecule has 2 aliphatic rings. The van der Waals surface area contributed by atoms with E-state index in [0.717, 1.165) is 72.4 Å². The molecular formula is C80H63N4OPtSi-3. The first-order chi connectivity index (χ1) is 44.0. The molecule has 7 heteroatoms. The second-order valence-electron chi connectivity index (χ2n) is 24.4. The summed E-state index contributed by atoms with van der Waals surface area (Å²) in [5.74, 6) is 1.55. The number of ether oxygens (including phenoxy) is 1. The Bertz CT molecular complexity index is 4980. The van der Waals surface area contributed by atoms with Crippen molar-refractivity contribution in [3.05, 3.63) is 297 Å². The van der Waals surface area contributed by atoms with E-state index in [0.29, 0.717) is 22.9 Å². The van der Waals surface area contributed by atoms with Gasteiger partial charge in [0.05, 0.1) is 6.85 Å². The van der Waals surface area contributed by atoms with Gasteiger partial charge in [-0.25, -0.2) is 4.98 Å². The van der Waals surface area contributed by atoms with Crippen LogP contribution in [0, 0.1) is 18.8 Å². The second-order valence-corrected chi connectivity index (χ2v) is 28.1. The molecule has 11 aromatic carbocycles. The number of para-hydroxylation sites is 3. The minimum atomic E-state index is -3.10. The molecule has 0 radical (unpaired) electrons. The van der Waals surface area contributed by atoms with Gasteiger partial charge in [0.2, 0.25) is 0 Å². The fraction of sp³-hybridized carbons (Fsp3) is 0.100. The zero-order chi connectivity index (χ0) is 62.7. The van der Waals surface area contributed by atoms with Gasteiger partial charge in [0.25, 0.3) is 0 Å². The van der Waals surface area contributed by atoms with E-state index in [1.54, 1.807) is 6.20 Å². The van der Waals surface area contributed by atoms with Crippen LogP contribution in [0.2, 0.25) is 0 Å². The maximum atomic E-state index is 9.11. The normalized spacial score (nSPS) is 14.1. The smallest absolute Gasteiger partial charge is 0.180 e. The van der Waals surface area contributed by atoms with Crippen LogP contribution >= 0.6 is 0 Å². The maximum Gasteiger partial charge on any atom is 0.180 e. The topological polar surface area (TPSA) is 33.5 Å². The predicted octanol–water partition coefficient (Wildman–Crippen LogP) is 17.9. The van der Waals surface area contributed by atoms with Crippen LogP contribution in [-0.4, -0.2) is 17.6 Å². The molecule has 0 atom stereocenters. The number of aromatic nitrogens is 2. The van der Waals surface area contributed by atoms with Gasteiger partial charge in [0.15, 0.2) is 8.07 Å². The van der Waals surface area contributed by atoms with E-state index in [1.165, 1.54) is 37.4 Å². The summed E-state index contributed by atoms with van der Waals surface area (Å²) in [5.41, 5.74) is 14.4. The minimum Gasteiger partial charge on any atom is -0.509 e. The number of hydrogen-bond donors (Lipinski definition) is 0. The molecule has 5 nitrogen and oxygen atoms in total. The Hall–Kier alpha value is -9.32. The van der Waals surface area contributed by atoms with Crippen molar-refractivity contribution in [2.75, 3.05) is 9.80 Å². The average molecular weight is 1320 g/mol. The van der Waals surface area contributed by atoms with Crippen LogP contribution in [0.3, 0.4) is 0 Å². The van der Waals surface area contributed by atoms with E-state index in [9.17, 15) is 0 Å². The predicted molar refractivity (Wildman–Crippen MR) is 361 cm³/mol. The molecule has 0 fully saturated rings. The zero-order valence-corrected chi connectivity index (χ0v) is 52.4. The number of nitrogens with zero attached hydrogens (tertiary/aromatic N) is 4. The van der Waals surface area contributed by atoms with E-state index in [4.69, 9.17) is 16.6 Å². The molecule has 0 amide bonds. The molecule has 0 unspecified atom stereocenters. The summed E-state index contributed by atoms with van der Waals surface area (Å²) in [5, 5.41) is 7.17. The van der Waals surface area contributed by atoms with Crippen molar-refractivity contribution in [2.45, 2.75) is 52.4 Å². The van der Waals surface area contributed by atoms with Gasteiger partial charge in [0.1, 0.15) is 5.82 Å². The van der Waals surface area contributed by atoms with E-state index >= 15 is 0 Å². The quantitative estimate of drug-likeness (QED) is 0.101. The Morgan fingerprint density at radius 1 is 0.506 bits per heavy atom. The van der Waals surface area contributed by atoms with Gasteiger partial charge in [-0.3, -0.25) is 0 Å². The van der Waals surface area contributed by atoms with Crippen molar-refractivity contribution in [1.29, 1.82) is 0 Å². The summed E-state index contributed by atoms with van der Waals surface area (Å²) in [4.78, 5) is 9.75. The number of pyridine rings is 1. The van der Waals surface area contributed by atoms with Gasteiger partial charge >= 0.3 is 0 Å². The third-order valence-corrected chi connectivity index (χ3v) is 22.1. The molecular weight excluding hydrogens is 1260 g/mol. The van der Waals surface area contributed by atoms with Gasteiger partial charge in [-0.15, -0.1) is 48.1 Å². The molecule has 15 rings (SSSR count). The summed E-state index contributed by atoms with van der Waals surface area (Å²) in [6.07, 6.45) is 1.68. The fourth-order valence-electron chi connectivity index (χ4n) is 13.3. The average Bonchev–Trinajstić information content (AvgIpc) is 1.51. The largest absolute Gasteiger partial charge is 0.509 e. The van der Waals surface area contributed by atoms with Crippen LogP contribution in [0.25, 0.3) is 72.1 Å². The third-order valence-electron chi connectivity index (χ3n) is 17.2. The Morgan fingerprint density at radius 3 is 1.78 bits per heavy atom. The van der Waals surface area contributed by atoms with Crippen LogP contribution < -0.4 is 35.3 Å². The molecule has 0 saturated carbocycles. The third kappa shape index (κ3) is 9.36. The van der Waals surface area contributed by atoms with Gasteiger partial charge in [-0.05, 0) is 100 Å². The molecule has 87 heavy (non-hydrogen) atoms. The number of anilines is 4. The SMILES string of the molecule is [2H]c1c([2H])c([2H])c(-c2cnc(-n3c4[c-]c(Oc5[c-]c(N6[CH-]N(c7c(-c8ccccc8)cccc7-c7ccc(C(C)(C)C)cc7)c7ccccc76)ccc5)ccc4c4c5c(ccc43)-c3ccccc3[Si]5(c3ccccc3)c3ccccc3)cc2C(C)(C)C)c([2H])c1[2H].[Pt]. The summed E-state index contributed by atoms with van der Waals surface area (Å²) in [6.45, 7) is 15.1. The van der Waals surface area contributed by atoms with Crippen molar-refractivity contribution in [1.82, 2.24) is 9.55 Å². The van der Waals surface area contributed by atoms with Crippen LogP contribution in [0.1, 0.15) is 59.5 Å². The summed E-state index contributed by atoms with van der Waals surface area (Å²) in [6, 6.07) is 87.9. The molecule has 2 aliphatic heterocycles. The zero-order valence-electron chi connectivity index (χ0n) is 54.1. The van der Waals surface area contributed by atoms with Crippen LogP contribution in [0.15, 0.2) is 267 Å². The van der Waals surface area contributed by atoms with Gasteiger partial charge < -0.3 is 19.1 Å². The Labute approximate surface area is 533 Å². The Kier molecular flexibility index (Phi) is 12.5. The standard InChI is InChI=1S/C80H63N4OSi.Pt/c1-79(2,3)57-43-41-56(42-44-57)64-37-24-36-63(54-25-11-7-12-26-54)77(64)83-53-82(70-38-20-21-39-71(70)83)58-29-23-30-59(49-58)85-60-45-46-67-73(50-60)84(75-51-69(80(4,5)6)68(52-81-75)55-27-13-8-14-28-55)72-48-47-66-65-35-19-22-40-74(65)86(78(66)76(67)72,61-31-15-9-16-32-61)62-33-17-10-18-34-62;/h7-48,51-53H,1-6H3;/q-3;/i8D,13D,14D,27D,28D;. The Balaban J connectivity index is 0.00000735. The number of hydrogen-bond acceptors (Lipinski definition) is 4. The van der Waals surface area contributed by atoms with Crippen molar-refractivity contribution >= 4 is 73.4 Å². The van der Waals surface area contributed by atoms with Crippen LogP contribution in [-0.2, 0) is 31.9 Å². The van der Waals surface area contributed by atoms with E-state index in [-0.39, 0.29) is 44.1 Å². The monoisotopic (exact) mass is 1320 g/mol. The van der Waals surface area contributed by atoms with Crippen molar-refractivity contribution in [3.8, 4) is 61.8 Å². The van der Waals surface area contributed by atoms with Gasteiger partial charge in [-0.1, -0.05) is 253 Å². The molecule has 0 saturated heterocycles. The Morgan fingerprint density at radius 2 is 1.10 bits per heavy atom. The molecule has 0 bridgehead atoms. The van der Waals surface area contributed by atoms with Crippen molar-refractivity contribution in [2.24, 2.45) is 0 Å². The number of fused-ring (bicyclic) bond motifs is 8. The molecule has 0 aliphatic carbocycles. The van der Waals surface area contributed by atoms with E-state index < -0.39 is 31.6 Å². The van der Waals surface area contributed by atoms with Crippen molar-refractivity contribution < 1.29 is 32.7 Å².